The van der Waals surface area contributed by atoms with Crippen LogP contribution in [0.1, 0.15) is 10.4 Å². The molecule has 58 valence electrons. The number of nitrogens with zero attached hydrogens (tertiary/aromatic N) is 1. The fraction of sp³-hybridized carbons (Fsp3) is 0.143. The third kappa shape index (κ3) is 2.01. The fourth-order valence-electron chi connectivity index (χ4n) is 0.666. The van der Waals surface area contributed by atoms with Crippen molar-refractivity contribution in [2.24, 2.45) is 0 Å². The number of Topliss-reactive ketones (excluding diaryl/α,β-unsaturated/α-hetero) is 1. The Labute approximate surface area is 77.7 Å². The third-order valence-corrected chi connectivity index (χ3v) is 2.06. The molecular weight excluding hydrogens is 229 g/mol. The second-order valence-corrected chi connectivity index (χ2v) is 2.92. The van der Waals surface area contributed by atoms with Crippen molar-refractivity contribution in [3.8, 4) is 0 Å². The van der Waals surface area contributed by atoms with Crippen LogP contribution in [0.5, 0.6) is 0 Å². The number of rotatable bonds is 2. The molecule has 0 saturated carbocycles. The van der Waals surface area contributed by atoms with Gasteiger partial charge >= 0.3 is 0 Å². The van der Waals surface area contributed by atoms with Crippen molar-refractivity contribution >= 4 is 33.3 Å². The van der Waals surface area contributed by atoms with E-state index in [4.69, 9.17) is 11.6 Å². The molecule has 0 N–H and O–H groups in total. The smallest absolute Gasteiger partial charge is 0.180 e. The zero-order chi connectivity index (χ0) is 8.27. The number of alkyl halides is 1. The number of carbonyl (C=O) groups is 1. The number of halogens is 2. The molecule has 0 fully saturated rings. The van der Waals surface area contributed by atoms with Crippen LogP contribution >= 0.6 is 27.5 Å². The van der Waals surface area contributed by atoms with Crippen molar-refractivity contribution in [2.75, 3.05) is 5.88 Å². The molecule has 11 heavy (non-hydrogen) atoms. The second-order valence-electron chi connectivity index (χ2n) is 1.90. The topological polar surface area (TPSA) is 30.0 Å². The summed E-state index contributed by atoms with van der Waals surface area (Å²) in [5.74, 6) is -0.128. The van der Waals surface area contributed by atoms with Crippen molar-refractivity contribution in [1.29, 1.82) is 0 Å². The van der Waals surface area contributed by atoms with E-state index in [0.717, 1.165) is 0 Å². The monoisotopic (exact) mass is 233 g/mol. The minimum absolute atomic E-state index is 0.00963. The van der Waals surface area contributed by atoms with Gasteiger partial charge in [0.15, 0.2) is 5.78 Å². The van der Waals surface area contributed by atoms with Crippen LogP contribution in [-0.2, 0) is 0 Å². The molecule has 1 heterocycles. The van der Waals surface area contributed by atoms with Crippen LogP contribution in [0, 0.1) is 0 Å². The number of aromatic nitrogens is 1. The molecule has 0 amide bonds. The van der Waals surface area contributed by atoms with Crippen molar-refractivity contribution in [3.63, 3.8) is 0 Å². The van der Waals surface area contributed by atoms with Gasteiger partial charge in [-0.05, 0) is 28.1 Å². The number of hydrogen-bond donors (Lipinski definition) is 0. The predicted octanol–water partition coefficient (Wildman–Crippen LogP) is 2.27. The van der Waals surface area contributed by atoms with Crippen molar-refractivity contribution in [2.45, 2.75) is 0 Å². The summed E-state index contributed by atoms with van der Waals surface area (Å²) in [5, 5.41) is 0. The van der Waals surface area contributed by atoms with E-state index in [-0.39, 0.29) is 11.7 Å². The van der Waals surface area contributed by atoms with Crippen molar-refractivity contribution in [1.82, 2.24) is 4.98 Å². The van der Waals surface area contributed by atoms with Gasteiger partial charge in [-0.2, -0.15) is 0 Å². The average Bonchev–Trinajstić information content (AvgIpc) is 2.04. The molecule has 1 rings (SSSR count). The minimum atomic E-state index is -0.119. The van der Waals surface area contributed by atoms with E-state index in [9.17, 15) is 4.79 Å². The summed E-state index contributed by atoms with van der Waals surface area (Å²) in [6.45, 7) is 0. The lowest BCUT2D eigenvalue weighted by Crippen LogP contribution is -2.01. The molecule has 0 spiro atoms. The highest BCUT2D eigenvalue weighted by Crippen LogP contribution is 2.13. The van der Waals surface area contributed by atoms with E-state index in [2.05, 4.69) is 20.9 Å². The zero-order valence-corrected chi connectivity index (χ0v) is 7.89. The van der Waals surface area contributed by atoms with Gasteiger partial charge in [0.25, 0.3) is 0 Å². The quantitative estimate of drug-likeness (QED) is 0.446. The third-order valence-electron chi connectivity index (χ3n) is 1.18. The van der Waals surface area contributed by atoms with Crippen LogP contribution in [0.2, 0.25) is 0 Å². The minimum Gasteiger partial charge on any atom is -0.293 e. The molecular formula is C7H5BrClNO. The zero-order valence-electron chi connectivity index (χ0n) is 5.55. The summed E-state index contributed by atoms with van der Waals surface area (Å²) in [5.41, 5.74) is 0.530. The van der Waals surface area contributed by atoms with E-state index >= 15 is 0 Å². The first-order valence-corrected chi connectivity index (χ1v) is 4.28. The Morgan fingerprint density at radius 3 is 3.00 bits per heavy atom. The summed E-state index contributed by atoms with van der Waals surface area (Å²) in [6.07, 6.45) is 1.61. The number of pyridine rings is 1. The van der Waals surface area contributed by atoms with Crippen LogP contribution in [-0.4, -0.2) is 16.6 Å². The van der Waals surface area contributed by atoms with Gasteiger partial charge in [0, 0.05) is 6.20 Å². The summed E-state index contributed by atoms with van der Waals surface area (Å²) < 4.78 is 0.547. The van der Waals surface area contributed by atoms with E-state index in [1.54, 1.807) is 18.3 Å². The Bertz CT molecular complexity index is 277. The lowest BCUT2D eigenvalue weighted by atomic mass is 10.2. The molecule has 4 heteroatoms. The largest absolute Gasteiger partial charge is 0.293 e. The van der Waals surface area contributed by atoms with E-state index < -0.39 is 0 Å². The van der Waals surface area contributed by atoms with Gasteiger partial charge < -0.3 is 0 Å². The van der Waals surface area contributed by atoms with Gasteiger partial charge in [-0.3, -0.25) is 4.79 Å². The van der Waals surface area contributed by atoms with Crippen molar-refractivity contribution in [3.05, 3.63) is 28.5 Å². The standard InChI is InChI=1S/C7H5BrClNO/c8-7-5(6(11)4-9)2-1-3-10-7/h1-3H,4H2. The Kier molecular flexibility index (Phi) is 3.02. The normalized spacial score (nSPS) is 9.64. The van der Waals surface area contributed by atoms with Gasteiger partial charge in [0.1, 0.15) is 4.60 Å². The SMILES string of the molecule is O=C(CCl)c1cccnc1Br. The lowest BCUT2D eigenvalue weighted by Gasteiger charge is -1.97. The highest BCUT2D eigenvalue weighted by molar-refractivity contribution is 9.10. The Balaban J connectivity index is 3.03. The molecule has 0 aliphatic rings. The highest BCUT2D eigenvalue weighted by atomic mass is 79.9. The van der Waals surface area contributed by atoms with Gasteiger partial charge in [0.05, 0.1) is 11.4 Å². The maximum atomic E-state index is 11.0. The lowest BCUT2D eigenvalue weighted by molar-refractivity contribution is 0.102. The fourth-order valence-corrected chi connectivity index (χ4v) is 1.28. The van der Waals surface area contributed by atoms with Crippen molar-refractivity contribution < 1.29 is 4.79 Å². The van der Waals surface area contributed by atoms with E-state index in [0.29, 0.717) is 10.2 Å². The van der Waals surface area contributed by atoms with Crippen LogP contribution in [0.3, 0.4) is 0 Å². The molecule has 2 nitrogen and oxygen atoms in total. The first-order chi connectivity index (χ1) is 5.25. The summed E-state index contributed by atoms with van der Waals surface area (Å²) in [6, 6.07) is 3.38. The molecule has 0 atom stereocenters. The van der Waals surface area contributed by atoms with Crippen LogP contribution in [0.4, 0.5) is 0 Å². The Morgan fingerprint density at radius 1 is 1.73 bits per heavy atom. The Hall–Kier alpha value is -0.410. The molecule has 0 bridgehead atoms. The predicted molar refractivity (Wildman–Crippen MR) is 47.0 cm³/mol. The van der Waals surface area contributed by atoms with Gasteiger partial charge in [-0.1, -0.05) is 0 Å². The highest BCUT2D eigenvalue weighted by Gasteiger charge is 2.07. The first-order valence-electron chi connectivity index (χ1n) is 2.95. The molecule has 0 unspecified atom stereocenters. The number of hydrogen-bond acceptors (Lipinski definition) is 2. The summed E-state index contributed by atoms with van der Waals surface area (Å²) in [7, 11) is 0. The first kappa shape index (κ1) is 8.68. The van der Waals surface area contributed by atoms with Crippen LogP contribution < -0.4 is 0 Å². The van der Waals surface area contributed by atoms with Gasteiger partial charge in [-0.15, -0.1) is 11.6 Å². The average molecular weight is 234 g/mol. The summed E-state index contributed by atoms with van der Waals surface area (Å²) >= 11 is 8.51. The molecule has 1 aromatic rings. The number of carbonyl (C=O) groups excluding carboxylic acids is 1. The second kappa shape index (κ2) is 3.83. The molecule has 0 aliphatic heterocycles. The molecule has 0 radical (unpaired) electrons. The molecule has 0 aliphatic carbocycles. The maximum Gasteiger partial charge on any atom is 0.180 e. The number of ketones is 1. The van der Waals surface area contributed by atoms with Gasteiger partial charge in [0.2, 0.25) is 0 Å². The summed E-state index contributed by atoms with van der Waals surface area (Å²) in [4.78, 5) is 14.9. The van der Waals surface area contributed by atoms with Crippen LogP contribution in [0.15, 0.2) is 22.9 Å². The maximum absolute atomic E-state index is 11.0. The van der Waals surface area contributed by atoms with Crippen LogP contribution in [0.25, 0.3) is 0 Å². The Morgan fingerprint density at radius 2 is 2.45 bits per heavy atom. The molecule has 0 saturated heterocycles. The molecule has 1 aromatic heterocycles. The van der Waals surface area contributed by atoms with E-state index in [1.165, 1.54) is 0 Å². The van der Waals surface area contributed by atoms with Gasteiger partial charge in [-0.25, -0.2) is 4.98 Å². The molecule has 0 aromatic carbocycles. The van der Waals surface area contributed by atoms with E-state index in [1.807, 2.05) is 0 Å².